The Morgan fingerprint density at radius 1 is 1.04 bits per heavy atom. The molecule has 2 saturated heterocycles. The van der Waals surface area contributed by atoms with Gasteiger partial charge in [-0.2, -0.15) is 16.1 Å². The fourth-order valence-electron chi connectivity index (χ4n) is 3.85. The highest BCUT2D eigenvalue weighted by Gasteiger charge is 2.34. The van der Waals surface area contributed by atoms with Gasteiger partial charge >= 0.3 is 0 Å². The molecule has 1 aromatic carbocycles. The first-order chi connectivity index (χ1) is 12.6. The largest absolute Gasteiger partial charge is 0.486 e. The number of benzene rings is 1. The molecule has 0 bridgehead atoms. The monoisotopic (exact) mass is 398 g/mol. The van der Waals surface area contributed by atoms with E-state index in [0.717, 1.165) is 37.6 Å². The van der Waals surface area contributed by atoms with Gasteiger partial charge in [0.1, 0.15) is 13.2 Å². The number of hydrogen-bond acceptors (Lipinski definition) is 6. The van der Waals surface area contributed by atoms with Crippen LogP contribution in [-0.4, -0.2) is 74.6 Å². The summed E-state index contributed by atoms with van der Waals surface area (Å²) in [6.07, 6.45) is 3.33. The molecule has 0 spiro atoms. The van der Waals surface area contributed by atoms with Crippen LogP contribution in [0.2, 0.25) is 0 Å². The Morgan fingerprint density at radius 2 is 1.81 bits per heavy atom. The third-order valence-electron chi connectivity index (χ3n) is 5.17. The summed E-state index contributed by atoms with van der Waals surface area (Å²) >= 11 is 1.87. The van der Waals surface area contributed by atoms with Crippen LogP contribution in [0.25, 0.3) is 0 Å². The van der Waals surface area contributed by atoms with Crippen molar-refractivity contribution in [1.82, 2.24) is 9.21 Å². The van der Waals surface area contributed by atoms with Gasteiger partial charge in [0.2, 0.25) is 10.0 Å². The molecule has 3 heterocycles. The van der Waals surface area contributed by atoms with Gasteiger partial charge in [0.25, 0.3) is 0 Å². The van der Waals surface area contributed by atoms with Gasteiger partial charge in [-0.15, -0.1) is 0 Å². The summed E-state index contributed by atoms with van der Waals surface area (Å²) in [6, 6.07) is 5.00. The van der Waals surface area contributed by atoms with Crippen LogP contribution in [0.5, 0.6) is 11.5 Å². The molecule has 8 heteroatoms. The predicted octanol–water partition coefficient (Wildman–Crippen LogP) is 2.05. The molecule has 1 aromatic rings. The number of sulfonamides is 1. The topological polar surface area (TPSA) is 59.1 Å². The maximum absolute atomic E-state index is 13.4. The molecule has 0 aliphatic carbocycles. The molecule has 3 aliphatic heterocycles. The van der Waals surface area contributed by atoms with E-state index in [1.807, 2.05) is 11.8 Å². The predicted molar refractivity (Wildman–Crippen MR) is 103 cm³/mol. The van der Waals surface area contributed by atoms with E-state index in [0.29, 0.717) is 36.2 Å². The molecule has 0 radical (unpaired) electrons. The van der Waals surface area contributed by atoms with Gasteiger partial charge in [0.15, 0.2) is 11.5 Å². The first kappa shape index (κ1) is 18.4. The Hall–Kier alpha value is -0.960. The molecule has 26 heavy (non-hydrogen) atoms. The summed E-state index contributed by atoms with van der Waals surface area (Å²) in [5.41, 5.74) is 0. The van der Waals surface area contributed by atoms with E-state index in [1.165, 1.54) is 12.8 Å². The lowest BCUT2D eigenvalue weighted by Gasteiger charge is -2.32. The SMILES string of the molecule is O=S(=O)(c1ccc2c(c1)OCCO2)N1CCCSC[C@@H]1CN1CCCC1. The standard InChI is InChI=1S/C18H26N2O4S2/c21-26(22,16-4-5-17-18(12-16)24-10-9-23-17)20-8-3-11-25-14-15(20)13-19-6-1-2-7-19/h4-5,12,15H,1-3,6-11,13-14H2/t15-/m0/s1. The Labute approximate surface area is 159 Å². The highest BCUT2D eigenvalue weighted by Crippen LogP contribution is 2.34. The number of nitrogens with zero attached hydrogens (tertiary/aromatic N) is 2. The summed E-state index contributed by atoms with van der Waals surface area (Å²) in [5, 5.41) is 0. The summed E-state index contributed by atoms with van der Waals surface area (Å²) in [7, 11) is -3.55. The van der Waals surface area contributed by atoms with Crippen molar-refractivity contribution < 1.29 is 17.9 Å². The van der Waals surface area contributed by atoms with E-state index in [-0.39, 0.29) is 6.04 Å². The average Bonchev–Trinajstić information content (AvgIpc) is 3.05. The Kier molecular flexibility index (Phi) is 5.63. The van der Waals surface area contributed by atoms with Gasteiger partial charge in [-0.25, -0.2) is 8.42 Å². The van der Waals surface area contributed by atoms with Crippen molar-refractivity contribution in [3.63, 3.8) is 0 Å². The van der Waals surface area contributed by atoms with Crippen LogP contribution >= 0.6 is 11.8 Å². The van der Waals surface area contributed by atoms with E-state index < -0.39 is 10.0 Å². The van der Waals surface area contributed by atoms with Crippen LogP contribution in [0, 0.1) is 0 Å². The lowest BCUT2D eigenvalue weighted by Crippen LogP contribution is -2.47. The van der Waals surface area contributed by atoms with E-state index in [4.69, 9.17) is 9.47 Å². The number of ether oxygens (including phenoxy) is 2. The van der Waals surface area contributed by atoms with Crippen molar-refractivity contribution in [2.75, 3.05) is 50.9 Å². The maximum Gasteiger partial charge on any atom is 0.243 e. The number of hydrogen-bond donors (Lipinski definition) is 0. The van der Waals surface area contributed by atoms with Gasteiger partial charge in [-0.3, -0.25) is 0 Å². The zero-order valence-electron chi connectivity index (χ0n) is 14.9. The smallest absolute Gasteiger partial charge is 0.243 e. The van der Waals surface area contributed by atoms with Crippen LogP contribution < -0.4 is 9.47 Å². The molecule has 2 fully saturated rings. The van der Waals surface area contributed by atoms with Crippen molar-refractivity contribution >= 4 is 21.8 Å². The second kappa shape index (κ2) is 7.96. The molecule has 0 N–H and O–H groups in total. The Morgan fingerprint density at radius 3 is 2.62 bits per heavy atom. The molecular formula is C18H26N2O4S2. The molecule has 6 nitrogen and oxygen atoms in total. The summed E-state index contributed by atoms with van der Waals surface area (Å²) in [5.74, 6) is 3.03. The van der Waals surface area contributed by atoms with Crippen molar-refractivity contribution in [3.05, 3.63) is 18.2 Å². The highest BCUT2D eigenvalue weighted by atomic mass is 32.2. The van der Waals surface area contributed by atoms with Gasteiger partial charge in [-0.05, 0) is 50.2 Å². The molecule has 3 aliphatic rings. The third-order valence-corrected chi connectivity index (χ3v) is 8.32. The quantitative estimate of drug-likeness (QED) is 0.774. The number of fused-ring (bicyclic) bond motifs is 1. The van der Waals surface area contributed by atoms with E-state index >= 15 is 0 Å². The fourth-order valence-corrected chi connectivity index (χ4v) is 6.67. The molecular weight excluding hydrogens is 372 g/mol. The van der Waals surface area contributed by atoms with E-state index in [1.54, 1.807) is 22.5 Å². The first-order valence-corrected chi connectivity index (χ1v) is 12.0. The Bertz CT molecular complexity index is 735. The second-order valence-corrected chi connectivity index (χ2v) is 10.1. The number of rotatable bonds is 4. The second-order valence-electron chi connectivity index (χ2n) is 7.01. The summed E-state index contributed by atoms with van der Waals surface area (Å²) in [4.78, 5) is 2.71. The molecule has 0 unspecified atom stereocenters. The lowest BCUT2D eigenvalue weighted by molar-refractivity contribution is 0.171. The minimum atomic E-state index is -3.55. The van der Waals surface area contributed by atoms with Gasteiger partial charge in [0.05, 0.1) is 4.90 Å². The van der Waals surface area contributed by atoms with Crippen molar-refractivity contribution in [2.45, 2.75) is 30.2 Å². The first-order valence-electron chi connectivity index (χ1n) is 9.36. The highest BCUT2D eigenvalue weighted by molar-refractivity contribution is 7.99. The molecule has 0 saturated carbocycles. The van der Waals surface area contributed by atoms with E-state index in [9.17, 15) is 8.42 Å². The van der Waals surface area contributed by atoms with Crippen LogP contribution in [0.1, 0.15) is 19.3 Å². The normalized spacial score (nSPS) is 25.2. The van der Waals surface area contributed by atoms with E-state index in [2.05, 4.69) is 4.90 Å². The van der Waals surface area contributed by atoms with Gasteiger partial charge in [0, 0.05) is 31.0 Å². The third kappa shape index (κ3) is 3.83. The molecule has 144 valence electrons. The average molecular weight is 399 g/mol. The Balaban J connectivity index is 1.60. The van der Waals surface area contributed by atoms with Gasteiger partial charge in [-0.1, -0.05) is 0 Å². The van der Waals surface area contributed by atoms with Crippen LogP contribution in [0.3, 0.4) is 0 Å². The molecule has 4 rings (SSSR count). The number of thioether (sulfide) groups is 1. The summed E-state index contributed by atoms with van der Waals surface area (Å²) < 4.78 is 39.7. The van der Waals surface area contributed by atoms with Gasteiger partial charge < -0.3 is 14.4 Å². The zero-order chi connectivity index (χ0) is 18.0. The molecule has 1 atom stereocenters. The van der Waals surface area contributed by atoms with Crippen LogP contribution in [0.15, 0.2) is 23.1 Å². The summed E-state index contributed by atoms with van der Waals surface area (Å²) in [6.45, 7) is 4.53. The minimum Gasteiger partial charge on any atom is -0.486 e. The lowest BCUT2D eigenvalue weighted by atomic mass is 10.3. The van der Waals surface area contributed by atoms with Crippen molar-refractivity contribution in [2.24, 2.45) is 0 Å². The minimum absolute atomic E-state index is 0.0267. The maximum atomic E-state index is 13.4. The molecule has 0 amide bonds. The number of likely N-dealkylation sites (tertiary alicyclic amines) is 1. The van der Waals surface area contributed by atoms with Crippen molar-refractivity contribution in [3.8, 4) is 11.5 Å². The molecule has 0 aromatic heterocycles. The zero-order valence-corrected chi connectivity index (χ0v) is 16.6. The van der Waals surface area contributed by atoms with Crippen LogP contribution in [-0.2, 0) is 10.0 Å². The van der Waals surface area contributed by atoms with Crippen LogP contribution in [0.4, 0.5) is 0 Å². The fraction of sp³-hybridized carbons (Fsp3) is 0.667. The van der Waals surface area contributed by atoms with Crippen molar-refractivity contribution in [1.29, 1.82) is 0 Å².